The molecular weight excluding hydrogens is 366 g/mol. The van der Waals surface area contributed by atoms with E-state index in [1.54, 1.807) is 12.3 Å². The summed E-state index contributed by atoms with van der Waals surface area (Å²) in [6.07, 6.45) is 1.63. The first kappa shape index (κ1) is 18.0. The van der Waals surface area contributed by atoms with Gasteiger partial charge in [0.25, 0.3) is 0 Å². The second-order valence-corrected chi connectivity index (χ2v) is 6.55. The third kappa shape index (κ3) is 4.23. The molecule has 0 aliphatic heterocycles. The van der Waals surface area contributed by atoms with Gasteiger partial charge in [-0.25, -0.2) is 4.98 Å². The summed E-state index contributed by atoms with van der Waals surface area (Å²) >= 11 is 7.54. The van der Waals surface area contributed by atoms with Gasteiger partial charge in [-0.2, -0.15) is 5.26 Å². The molecule has 1 N–H and O–H groups in total. The van der Waals surface area contributed by atoms with Crippen LogP contribution in [0.15, 0.2) is 60.1 Å². The maximum absolute atomic E-state index is 9.46. The highest BCUT2D eigenvalue weighted by Crippen LogP contribution is 2.28. The molecule has 2 aromatic carbocycles. The first-order chi connectivity index (χ1) is 12.7. The Balaban J connectivity index is 1.79. The number of thiazole rings is 1. The largest absolute Gasteiger partial charge is 0.494 e. The lowest BCUT2D eigenvalue weighted by atomic mass is 10.2. The van der Waals surface area contributed by atoms with E-state index in [1.807, 2.05) is 54.8 Å². The summed E-state index contributed by atoms with van der Waals surface area (Å²) in [5.74, 6) is 0.827. The van der Waals surface area contributed by atoms with Crippen molar-refractivity contribution in [3.63, 3.8) is 0 Å². The first-order valence-electron chi connectivity index (χ1n) is 8.01. The molecule has 26 heavy (non-hydrogen) atoms. The molecule has 0 bridgehead atoms. The van der Waals surface area contributed by atoms with Crippen LogP contribution in [0.2, 0.25) is 5.02 Å². The molecule has 0 aliphatic carbocycles. The number of hydrogen-bond acceptors (Lipinski definition) is 5. The number of allylic oxidation sites excluding steroid dienone is 1. The van der Waals surface area contributed by atoms with Crippen LogP contribution in [0.5, 0.6) is 5.75 Å². The van der Waals surface area contributed by atoms with E-state index in [4.69, 9.17) is 16.3 Å². The van der Waals surface area contributed by atoms with Crippen molar-refractivity contribution in [3.8, 4) is 23.1 Å². The zero-order valence-corrected chi connectivity index (χ0v) is 15.6. The number of para-hydroxylation sites is 1. The molecule has 3 aromatic rings. The number of nitriles is 1. The Morgan fingerprint density at radius 3 is 2.73 bits per heavy atom. The molecule has 0 aliphatic rings. The van der Waals surface area contributed by atoms with Crippen LogP contribution in [0, 0.1) is 11.3 Å². The van der Waals surface area contributed by atoms with Crippen LogP contribution < -0.4 is 10.1 Å². The Bertz CT molecular complexity index is 958. The summed E-state index contributed by atoms with van der Waals surface area (Å²) in [4.78, 5) is 4.58. The van der Waals surface area contributed by atoms with E-state index in [2.05, 4.69) is 16.4 Å². The Hall–Kier alpha value is -2.81. The molecule has 0 atom stereocenters. The van der Waals surface area contributed by atoms with E-state index in [0.717, 1.165) is 22.7 Å². The molecule has 0 amide bonds. The molecule has 1 heterocycles. The molecule has 130 valence electrons. The molecule has 0 saturated carbocycles. The van der Waals surface area contributed by atoms with Crippen molar-refractivity contribution in [1.82, 2.24) is 4.98 Å². The molecule has 1 aromatic heterocycles. The van der Waals surface area contributed by atoms with Gasteiger partial charge in [-0.05, 0) is 43.3 Å². The summed E-state index contributed by atoms with van der Waals surface area (Å²) in [6.45, 7) is 2.59. The Morgan fingerprint density at radius 1 is 1.27 bits per heavy atom. The van der Waals surface area contributed by atoms with Crippen molar-refractivity contribution in [2.24, 2.45) is 0 Å². The topological polar surface area (TPSA) is 57.9 Å². The number of anilines is 1. The number of rotatable bonds is 6. The number of nitrogens with one attached hydrogen (secondary N) is 1. The number of nitrogens with zero attached hydrogens (tertiary/aromatic N) is 2. The SMILES string of the molecule is CCOc1ccc(-c2csc(C(C#N)=CNc3ccccc3Cl)n2)cc1. The van der Waals surface area contributed by atoms with Gasteiger partial charge < -0.3 is 10.1 Å². The van der Waals surface area contributed by atoms with Crippen molar-refractivity contribution >= 4 is 34.2 Å². The first-order valence-corrected chi connectivity index (χ1v) is 9.27. The van der Waals surface area contributed by atoms with Gasteiger partial charge >= 0.3 is 0 Å². The predicted molar refractivity (Wildman–Crippen MR) is 107 cm³/mol. The fourth-order valence-corrected chi connectivity index (χ4v) is 3.27. The molecule has 0 radical (unpaired) electrons. The van der Waals surface area contributed by atoms with Crippen molar-refractivity contribution in [3.05, 3.63) is 70.1 Å². The molecular formula is C20H16ClN3OS. The maximum Gasteiger partial charge on any atom is 0.136 e. The minimum atomic E-state index is 0.451. The van der Waals surface area contributed by atoms with Crippen molar-refractivity contribution in [2.45, 2.75) is 6.92 Å². The molecule has 3 rings (SSSR count). The summed E-state index contributed by atoms with van der Waals surface area (Å²) in [6, 6.07) is 17.3. The van der Waals surface area contributed by atoms with E-state index in [9.17, 15) is 5.26 Å². The fourth-order valence-electron chi connectivity index (χ4n) is 2.29. The van der Waals surface area contributed by atoms with Gasteiger partial charge in [-0.15, -0.1) is 11.3 Å². The van der Waals surface area contributed by atoms with Crippen LogP contribution in [0.25, 0.3) is 16.8 Å². The number of hydrogen-bond donors (Lipinski definition) is 1. The second kappa shape index (κ2) is 8.52. The van der Waals surface area contributed by atoms with Gasteiger partial charge in [-0.1, -0.05) is 23.7 Å². The van der Waals surface area contributed by atoms with E-state index in [1.165, 1.54) is 11.3 Å². The highest BCUT2D eigenvalue weighted by atomic mass is 35.5. The fraction of sp³-hybridized carbons (Fsp3) is 0.100. The maximum atomic E-state index is 9.46. The average molecular weight is 382 g/mol. The normalized spacial score (nSPS) is 11.0. The number of aromatic nitrogens is 1. The minimum absolute atomic E-state index is 0.451. The van der Waals surface area contributed by atoms with Crippen LogP contribution in [0.3, 0.4) is 0 Å². The lowest BCUT2D eigenvalue weighted by molar-refractivity contribution is 0.340. The molecule has 0 fully saturated rings. The van der Waals surface area contributed by atoms with Gasteiger partial charge in [0.05, 0.1) is 23.0 Å². The quantitative estimate of drug-likeness (QED) is 0.545. The van der Waals surface area contributed by atoms with E-state index >= 15 is 0 Å². The number of halogens is 1. The second-order valence-electron chi connectivity index (χ2n) is 5.29. The van der Waals surface area contributed by atoms with E-state index in [-0.39, 0.29) is 0 Å². The standard InChI is InChI=1S/C20H16ClN3OS/c1-2-25-16-9-7-14(8-10-16)19-13-26-20(24-19)15(11-22)12-23-18-6-4-3-5-17(18)21/h3-10,12-13,23H,2H2,1H3. The molecule has 4 nitrogen and oxygen atoms in total. The van der Waals surface area contributed by atoms with Crippen LogP contribution in [-0.2, 0) is 0 Å². The Morgan fingerprint density at radius 2 is 2.04 bits per heavy atom. The smallest absolute Gasteiger partial charge is 0.136 e. The molecule has 6 heteroatoms. The van der Waals surface area contributed by atoms with Crippen molar-refractivity contribution in [2.75, 3.05) is 11.9 Å². The summed E-state index contributed by atoms with van der Waals surface area (Å²) in [5.41, 5.74) is 3.00. The Kier molecular flexibility index (Phi) is 5.90. The number of ether oxygens (including phenoxy) is 1. The van der Waals surface area contributed by atoms with Crippen LogP contribution in [-0.4, -0.2) is 11.6 Å². The molecule has 0 unspecified atom stereocenters. The van der Waals surface area contributed by atoms with Crippen LogP contribution in [0.1, 0.15) is 11.9 Å². The minimum Gasteiger partial charge on any atom is -0.494 e. The van der Waals surface area contributed by atoms with Gasteiger partial charge in [0.1, 0.15) is 22.4 Å². The summed E-state index contributed by atoms with van der Waals surface area (Å²) < 4.78 is 5.45. The average Bonchev–Trinajstić information content (AvgIpc) is 3.14. The zero-order valence-electron chi connectivity index (χ0n) is 14.1. The van der Waals surface area contributed by atoms with Gasteiger partial charge in [0.15, 0.2) is 0 Å². The van der Waals surface area contributed by atoms with E-state index in [0.29, 0.717) is 22.2 Å². The van der Waals surface area contributed by atoms with Crippen molar-refractivity contribution < 1.29 is 4.74 Å². The molecule has 0 spiro atoms. The molecule has 0 saturated heterocycles. The lowest BCUT2D eigenvalue weighted by Crippen LogP contribution is -1.92. The Labute approximate surface area is 161 Å². The summed E-state index contributed by atoms with van der Waals surface area (Å²) in [5, 5.41) is 15.7. The third-order valence-electron chi connectivity index (χ3n) is 3.56. The predicted octanol–water partition coefficient (Wildman–Crippen LogP) is 5.84. The number of benzene rings is 2. The monoisotopic (exact) mass is 381 g/mol. The van der Waals surface area contributed by atoms with Crippen LogP contribution >= 0.6 is 22.9 Å². The lowest BCUT2D eigenvalue weighted by Gasteiger charge is -2.04. The highest BCUT2D eigenvalue weighted by Gasteiger charge is 2.09. The van der Waals surface area contributed by atoms with Crippen LogP contribution in [0.4, 0.5) is 5.69 Å². The van der Waals surface area contributed by atoms with Gasteiger partial charge in [0.2, 0.25) is 0 Å². The third-order valence-corrected chi connectivity index (χ3v) is 4.77. The van der Waals surface area contributed by atoms with Gasteiger partial charge in [0, 0.05) is 17.1 Å². The highest BCUT2D eigenvalue weighted by molar-refractivity contribution is 7.11. The van der Waals surface area contributed by atoms with E-state index < -0.39 is 0 Å². The summed E-state index contributed by atoms with van der Waals surface area (Å²) in [7, 11) is 0. The van der Waals surface area contributed by atoms with Crippen molar-refractivity contribution in [1.29, 1.82) is 5.26 Å². The zero-order chi connectivity index (χ0) is 18.4. The van der Waals surface area contributed by atoms with Gasteiger partial charge in [-0.3, -0.25) is 0 Å².